The highest BCUT2D eigenvalue weighted by atomic mass is 19.4. The summed E-state index contributed by atoms with van der Waals surface area (Å²) in [6, 6.07) is 16.3. The van der Waals surface area contributed by atoms with Crippen LogP contribution in [0.4, 0.5) is 30.2 Å². The maximum absolute atomic E-state index is 13.2. The molecule has 4 nitrogen and oxygen atoms in total. The molecule has 0 heterocycles. The van der Waals surface area contributed by atoms with E-state index in [0.29, 0.717) is 22.5 Å². The summed E-state index contributed by atoms with van der Waals surface area (Å²) in [4.78, 5) is 13.2. The van der Waals surface area contributed by atoms with Gasteiger partial charge < -0.3 is 16.4 Å². The van der Waals surface area contributed by atoms with Gasteiger partial charge in [-0.15, -0.1) is 0 Å². The number of carbonyl (C=O) groups excluding carboxylic acids is 1. The molecule has 172 valence electrons. The Morgan fingerprint density at radius 1 is 1.06 bits per heavy atom. The van der Waals surface area contributed by atoms with Crippen molar-refractivity contribution < 1.29 is 18.0 Å². The van der Waals surface area contributed by atoms with E-state index in [2.05, 4.69) is 16.7 Å². The van der Waals surface area contributed by atoms with Crippen molar-refractivity contribution in [2.24, 2.45) is 0 Å². The minimum absolute atomic E-state index is 0.0575. The van der Waals surface area contributed by atoms with E-state index in [1.165, 1.54) is 11.6 Å². The van der Waals surface area contributed by atoms with Crippen LogP contribution in [0.5, 0.6) is 0 Å². The van der Waals surface area contributed by atoms with Crippen molar-refractivity contribution in [3.8, 4) is 0 Å². The molecule has 0 unspecified atom stereocenters. The van der Waals surface area contributed by atoms with Crippen LogP contribution in [-0.2, 0) is 12.6 Å². The van der Waals surface area contributed by atoms with Crippen molar-refractivity contribution >= 4 is 23.0 Å². The van der Waals surface area contributed by atoms with E-state index < -0.39 is 11.7 Å². The van der Waals surface area contributed by atoms with Gasteiger partial charge in [0, 0.05) is 11.3 Å². The maximum Gasteiger partial charge on any atom is 0.416 e. The Morgan fingerprint density at radius 3 is 2.55 bits per heavy atom. The summed E-state index contributed by atoms with van der Waals surface area (Å²) in [6.45, 7) is 3.86. The first-order valence-electron chi connectivity index (χ1n) is 10.9. The summed E-state index contributed by atoms with van der Waals surface area (Å²) in [5.74, 6) is -0.275. The third-order valence-electron chi connectivity index (χ3n) is 6.02. The van der Waals surface area contributed by atoms with E-state index in [0.717, 1.165) is 30.5 Å². The summed E-state index contributed by atoms with van der Waals surface area (Å²) in [6.07, 6.45) is -2.68. The lowest BCUT2D eigenvalue weighted by Gasteiger charge is -2.21. The van der Waals surface area contributed by atoms with Crippen molar-refractivity contribution in [2.75, 3.05) is 11.1 Å². The molecule has 1 amide bonds. The number of fused-ring (bicyclic) bond motifs is 1. The molecule has 1 aliphatic carbocycles. The molecule has 1 atom stereocenters. The first-order valence-corrected chi connectivity index (χ1v) is 10.9. The maximum atomic E-state index is 13.2. The highest BCUT2D eigenvalue weighted by Gasteiger charge is 2.30. The fourth-order valence-electron chi connectivity index (χ4n) is 4.44. The molecule has 33 heavy (non-hydrogen) atoms. The lowest BCUT2D eigenvalue weighted by molar-refractivity contribution is -0.137. The number of rotatable bonds is 5. The van der Waals surface area contributed by atoms with E-state index in [4.69, 9.17) is 5.73 Å². The predicted molar refractivity (Wildman–Crippen MR) is 125 cm³/mol. The number of nitrogens with two attached hydrogens (primary N) is 1. The molecule has 1 aliphatic rings. The van der Waals surface area contributed by atoms with Gasteiger partial charge in [-0.05, 0) is 65.8 Å². The zero-order chi connectivity index (χ0) is 23.8. The van der Waals surface area contributed by atoms with Gasteiger partial charge in [0.2, 0.25) is 0 Å². The van der Waals surface area contributed by atoms with Gasteiger partial charge in [-0.25, -0.2) is 0 Å². The fourth-order valence-corrected chi connectivity index (χ4v) is 4.44. The SMILES string of the molecule is CC(C)c1c(C(=O)N[C@H]2CCc3ccccc32)ccc(Nc2cccc(C(F)(F)F)c2)c1N. The number of aryl methyl sites for hydroxylation is 1. The summed E-state index contributed by atoms with van der Waals surface area (Å²) >= 11 is 0. The average Bonchev–Trinajstić information content (AvgIpc) is 3.17. The molecule has 0 spiro atoms. The smallest absolute Gasteiger partial charge is 0.397 e. The number of carbonyl (C=O) groups is 1. The molecule has 0 saturated carbocycles. The highest BCUT2D eigenvalue weighted by Crippen LogP contribution is 2.37. The second kappa shape index (κ2) is 8.81. The largest absolute Gasteiger partial charge is 0.416 e. The second-order valence-electron chi connectivity index (χ2n) is 8.61. The lowest BCUT2D eigenvalue weighted by Crippen LogP contribution is -2.28. The number of nitrogens with one attached hydrogen (secondary N) is 2. The number of amides is 1. The van der Waals surface area contributed by atoms with Crippen molar-refractivity contribution in [3.63, 3.8) is 0 Å². The topological polar surface area (TPSA) is 67.2 Å². The Balaban J connectivity index is 1.61. The Bertz CT molecular complexity index is 1190. The van der Waals surface area contributed by atoms with Crippen LogP contribution in [0.2, 0.25) is 0 Å². The zero-order valence-corrected chi connectivity index (χ0v) is 18.5. The molecule has 4 rings (SSSR count). The van der Waals surface area contributed by atoms with Crippen molar-refractivity contribution in [3.05, 3.63) is 88.5 Å². The molecule has 0 fully saturated rings. The molecule has 7 heteroatoms. The number of alkyl halides is 3. The Labute approximate surface area is 191 Å². The number of benzene rings is 3. The minimum atomic E-state index is -4.44. The quantitative estimate of drug-likeness (QED) is 0.383. The van der Waals surface area contributed by atoms with Crippen LogP contribution in [0.25, 0.3) is 0 Å². The van der Waals surface area contributed by atoms with E-state index in [9.17, 15) is 18.0 Å². The fraction of sp³-hybridized carbons (Fsp3) is 0.269. The number of anilines is 3. The predicted octanol–water partition coefficient (Wildman–Crippen LogP) is 6.57. The Hall–Kier alpha value is -3.48. The highest BCUT2D eigenvalue weighted by molar-refractivity contribution is 5.99. The van der Waals surface area contributed by atoms with Crippen LogP contribution >= 0.6 is 0 Å². The molecular weight excluding hydrogens is 427 g/mol. The van der Waals surface area contributed by atoms with Crippen LogP contribution in [0, 0.1) is 0 Å². The summed E-state index contributed by atoms with van der Waals surface area (Å²) in [5, 5.41) is 6.10. The molecule has 0 bridgehead atoms. The third-order valence-corrected chi connectivity index (χ3v) is 6.02. The van der Waals surface area contributed by atoms with Gasteiger partial charge in [0.25, 0.3) is 5.91 Å². The Morgan fingerprint density at radius 2 is 1.82 bits per heavy atom. The normalized spacial score (nSPS) is 15.4. The zero-order valence-electron chi connectivity index (χ0n) is 18.5. The van der Waals surface area contributed by atoms with Gasteiger partial charge in [0.15, 0.2) is 0 Å². The van der Waals surface area contributed by atoms with Crippen LogP contribution in [-0.4, -0.2) is 5.91 Å². The van der Waals surface area contributed by atoms with Gasteiger partial charge in [-0.2, -0.15) is 13.2 Å². The van der Waals surface area contributed by atoms with Gasteiger partial charge in [-0.3, -0.25) is 4.79 Å². The summed E-state index contributed by atoms with van der Waals surface area (Å²) < 4.78 is 39.2. The van der Waals surface area contributed by atoms with Gasteiger partial charge in [0.05, 0.1) is 23.0 Å². The molecular formula is C26H26F3N3O. The van der Waals surface area contributed by atoms with Crippen LogP contribution in [0.3, 0.4) is 0 Å². The first kappa shape index (κ1) is 22.7. The number of halogens is 3. The molecule has 3 aromatic carbocycles. The van der Waals surface area contributed by atoms with E-state index >= 15 is 0 Å². The van der Waals surface area contributed by atoms with Gasteiger partial charge in [-0.1, -0.05) is 44.2 Å². The number of nitrogen functional groups attached to an aromatic ring is 1. The summed E-state index contributed by atoms with van der Waals surface area (Å²) in [7, 11) is 0. The van der Waals surface area contributed by atoms with E-state index in [1.54, 1.807) is 18.2 Å². The molecule has 4 N–H and O–H groups in total. The van der Waals surface area contributed by atoms with E-state index in [1.807, 2.05) is 32.0 Å². The first-order chi connectivity index (χ1) is 15.6. The third kappa shape index (κ3) is 4.67. The van der Waals surface area contributed by atoms with Gasteiger partial charge in [0.1, 0.15) is 0 Å². The Kier molecular flexibility index (Phi) is 6.06. The average molecular weight is 454 g/mol. The van der Waals surface area contributed by atoms with Crippen LogP contribution in [0.15, 0.2) is 60.7 Å². The van der Waals surface area contributed by atoms with Gasteiger partial charge >= 0.3 is 6.18 Å². The molecule has 0 aromatic heterocycles. The van der Waals surface area contributed by atoms with E-state index in [-0.39, 0.29) is 23.6 Å². The second-order valence-corrected chi connectivity index (χ2v) is 8.61. The monoisotopic (exact) mass is 453 g/mol. The molecule has 0 radical (unpaired) electrons. The standard InChI is InChI=1S/C26H26F3N3O/c1-15(2)23-20(25(33)32-21-12-10-16-6-3-4-9-19(16)21)11-13-22(24(23)30)31-18-8-5-7-17(14-18)26(27,28)29/h3-9,11,13-15,21,31H,10,12,30H2,1-2H3,(H,32,33)/t21-/m0/s1. The molecule has 0 saturated heterocycles. The molecule has 0 aliphatic heterocycles. The van der Waals surface area contributed by atoms with Crippen LogP contribution in [0.1, 0.15) is 64.8 Å². The lowest BCUT2D eigenvalue weighted by atomic mass is 9.93. The van der Waals surface area contributed by atoms with Crippen molar-refractivity contribution in [1.82, 2.24) is 5.32 Å². The summed E-state index contributed by atoms with van der Waals surface area (Å²) in [5.41, 5.74) is 10.3. The van der Waals surface area contributed by atoms with Crippen molar-refractivity contribution in [2.45, 2.75) is 44.8 Å². The minimum Gasteiger partial charge on any atom is -0.397 e. The molecule has 3 aromatic rings. The van der Waals surface area contributed by atoms with Crippen molar-refractivity contribution in [1.29, 1.82) is 0 Å². The van der Waals surface area contributed by atoms with Crippen LogP contribution < -0.4 is 16.4 Å². The number of hydrogen-bond donors (Lipinski definition) is 3. The number of hydrogen-bond acceptors (Lipinski definition) is 3.